The van der Waals surface area contributed by atoms with Crippen LogP contribution in [0.3, 0.4) is 0 Å². The molecule has 0 amide bonds. The third-order valence-electron chi connectivity index (χ3n) is 4.76. The minimum atomic E-state index is -1.03. The van der Waals surface area contributed by atoms with Gasteiger partial charge in [-0.05, 0) is 31.5 Å². The van der Waals surface area contributed by atoms with Crippen molar-refractivity contribution >= 4 is 0 Å². The molecule has 5 heteroatoms. The second-order valence-electron chi connectivity index (χ2n) is 7.41. The maximum atomic E-state index is 10.7. The van der Waals surface area contributed by atoms with Crippen molar-refractivity contribution in [3.63, 3.8) is 0 Å². The smallest absolute Gasteiger partial charge is 0.190 e. The molecule has 2 fully saturated rings. The Morgan fingerprint density at radius 3 is 2.43 bits per heavy atom. The molecule has 0 saturated carbocycles. The highest BCUT2D eigenvalue weighted by Crippen LogP contribution is 2.39. The van der Waals surface area contributed by atoms with Crippen LogP contribution in [0.2, 0.25) is 0 Å². The van der Waals surface area contributed by atoms with Crippen molar-refractivity contribution in [1.29, 1.82) is 0 Å². The summed E-state index contributed by atoms with van der Waals surface area (Å²) in [6.45, 7) is 4.06. The van der Waals surface area contributed by atoms with E-state index in [2.05, 4.69) is 11.8 Å². The van der Waals surface area contributed by atoms with Crippen LogP contribution in [-0.2, 0) is 25.6 Å². The maximum Gasteiger partial charge on any atom is 0.190 e. The topological polar surface area (TPSA) is 57.2 Å². The first-order valence-corrected chi connectivity index (χ1v) is 9.43. The van der Waals surface area contributed by atoms with E-state index in [9.17, 15) is 5.11 Å². The zero-order chi connectivity index (χ0) is 19.6. The number of aliphatic hydroxyl groups is 1. The van der Waals surface area contributed by atoms with Gasteiger partial charge in [-0.1, -0.05) is 60.4 Å². The highest BCUT2D eigenvalue weighted by atomic mass is 16.8. The van der Waals surface area contributed by atoms with Gasteiger partial charge in [0.1, 0.15) is 24.4 Å². The van der Waals surface area contributed by atoms with Crippen molar-refractivity contribution in [3.8, 4) is 11.8 Å². The van der Waals surface area contributed by atoms with Crippen LogP contribution in [0.25, 0.3) is 0 Å². The van der Waals surface area contributed by atoms with E-state index in [-0.39, 0.29) is 0 Å². The molecule has 2 aromatic rings. The van der Waals surface area contributed by atoms with Crippen molar-refractivity contribution in [2.24, 2.45) is 0 Å². The summed E-state index contributed by atoms with van der Waals surface area (Å²) < 4.78 is 23.9. The second kappa shape index (κ2) is 8.04. The zero-order valence-corrected chi connectivity index (χ0v) is 15.9. The Balaban J connectivity index is 1.50. The quantitative estimate of drug-likeness (QED) is 0.827. The van der Waals surface area contributed by atoms with E-state index < -0.39 is 36.5 Å². The summed E-state index contributed by atoms with van der Waals surface area (Å²) in [6.07, 6.45) is -3.19. The van der Waals surface area contributed by atoms with Gasteiger partial charge in [0.05, 0.1) is 6.61 Å². The van der Waals surface area contributed by atoms with E-state index in [1.807, 2.05) is 74.5 Å². The molecule has 0 aromatic heterocycles. The molecule has 5 atom stereocenters. The van der Waals surface area contributed by atoms with E-state index in [1.54, 1.807) is 0 Å². The van der Waals surface area contributed by atoms with Gasteiger partial charge in [0, 0.05) is 5.56 Å². The van der Waals surface area contributed by atoms with Gasteiger partial charge in [-0.2, -0.15) is 0 Å². The van der Waals surface area contributed by atoms with Crippen LogP contribution in [0.4, 0.5) is 0 Å². The van der Waals surface area contributed by atoms with E-state index in [0.29, 0.717) is 6.61 Å². The highest BCUT2D eigenvalue weighted by Gasteiger charge is 2.56. The lowest BCUT2D eigenvalue weighted by Gasteiger charge is -2.27. The van der Waals surface area contributed by atoms with Crippen LogP contribution in [0, 0.1) is 11.8 Å². The lowest BCUT2D eigenvalue weighted by atomic mass is 10.0. The van der Waals surface area contributed by atoms with Crippen molar-refractivity contribution in [3.05, 3.63) is 71.8 Å². The molecular formula is C23H24O5. The van der Waals surface area contributed by atoms with Crippen LogP contribution >= 0.6 is 0 Å². The Labute approximate surface area is 165 Å². The Kier molecular flexibility index (Phi) is 5.49. The van der Waals surface area contributed by atoms with E-state index in [4.69, 9.17) is 18.9 Å². The van der Waals surface area contributed by atoms with Crippen molar-refractivity contribution < 1.29 is 24.1 Å². The largest absolute Gasteiger partial charge is 0.377 e. The Bertz CT molecular complexity index is 840. The first kappa shape index (κ1) is 19.1. The van der Waals surface area contributed by atoms with Gasteiger partial charge in [0.15, 0.2) is 12.1 Å². The van der Waals surface area contributed by atoms with Crippen molar-refractivity contribution in [2.75, 3.05) is 0 Å². The Hall–Kier alpha value is -2.20. The molecule has 1 unspecified atom stereocenters. The molecular weight excluding hydrogens is 356 g/mol. The standard InChI is InChI=1S/C23H24O5/c1-23(2)27-21-20(25-15-17-11-7-4-8-12-17)19(26-22(21)28-23)18(24)14-13-16-9-5-3-6-10-16/h3-12,18-22,24H,15H2,1-2H3/t18?,19-,20+,21-,22-/m1/s1. The van der Waals surface area contributed by atoms with Crippen LogP contribution in [0.1, 0.15) is 25.0 Å². The average Bonchev–Trinajstić information content (AvgIpc) is 3.18. The predicted molar refractivity (Wildman–Crippen MR) is 103 cm³/mol. The summed E-state index contributed by atoms with van der Waals surface area (Å²) in [7, 11) is 0. The molecule has 5 nitrogen and oxygen atoms in total. The summed E-state index contributed by atoms with van der Waals surface area (Å²) in [5.41, 5.74) is 1.86. The lowest BCUT2D eigenvalue weighted by molar-refractivity contribution is -0.226. The van der Waals surface area contributed by atoms with Crippen LogP contribution in [-0.4, -0.2) is 41.6 Å². The minimum absolute atomic E-state index is 0.386. The molecule has 0 aliphatic carbocycles. The highest BCUT2D eigenvalue weighted by molar-refractivity contribution is 5.34. The number of benzene rings is 2. The molecule has 146 valence electrons. The van der Waals surface area contributed by atoms with Gasteiger partial charge in [-0.15, -0.1) is 0 Å². The monoisotopic (exact) mass is 380 g/mol. The van der Waals surface area contributed by atoms with E-state index in [0.717, 1.165) is 11.1 Å². The van der Waals surface area contributed by atoms with E-state index >= 15 is 0 Å². The van der Waals surface area contributed by atoms with Crippen molar-refractivity contribution in [2.45, 2.75) is 56.9 Å². The normalized spacial score (nSPS) is 29.0. The van der Waals surface area contributed by atoms with Crippen LogP contribution in [0.5, 0.6) is 0 Å². The Morgan fingerprint density at radius 1 is 1.04 bits per heavy atom. The summed E-state index contributed by atoms with van der Waals surface area (Å²) in [4.78, 5) is 0. The van der Waals surface area contributed by atoms with Crippen molar-refractivity contribution in [1.82, 2.24) is 0 Å². The molecule has 0 radical (unpaired) electrons. The van der Waals surface area contributed by atoms with Gasteiger partial charge in [0.25, 0.3) is 0 Å². The zero-order valence-electron chi connectivity index (χ0n) is 15.9. The first-order chi connectivity index (χ1) is 13.5. The molecule has 2 saturated heterocycles. The fourth-order valence-electron chi connectivity index (χ4n) is 3.48. The SMILES string of the molecule is CC1(C)O[C@H]2O[C@H](C(O)C#Cc3ccccc3)[C@H](OCc3ccccc3)[C@H]2O1. The van der Waals surface area contributed by atoms with Crippen LogP contribution < -0.4 is 0 Å². The average molecular weight is 380 g/mol. The second-order valence-corrected chi connectivity index (χ2v) is 7.41. The fourth-order valence-corrected chi connectivity index (χ4v) is 3.48. The first-order valence-electron chi connectivity index (χ1n) is 9.43. The molecule has 2 aliphatic rings. The number of aliphatic hydroxyl groups excluding tert-OH is 1. The van der Waals surface area contributed by atoms with Gasteiger partial charge in [-0.25, -0.2) is 0 Å². The van der Waals surface area contributed by atoms with Crippen LogP contribution in [0.15, 0.2) is 60.7 Å². The minimum Gasteiger partial charge on any atom is -0.377 e. The van der Waals surface area contributed by atoms with Gasteiger partial charge in [0.2, 0.25) is 0 Å². The lowest BCUT2D eigenvalue weighted by Crippen LogP contribution is -2.42. The summed E-state index contributed by atoms with van der Waals surface area (Å²) in [5, 5.41) is 10.7. The molecule has 1 N–H and O–H groups in total. The number of fused-ring (bicyclic) bond motifs is 1. The van der Waals surface area contributed by atoms with Gasteiger partial charge in [-0.3, -0.25) is 0 Å². The molecule has 0 spiro atoms. The summed E-state index contributed by atoms with van der Waals surface area (Å²) in [6, 6.07) is 19.4. The molecule has 28 heavy (non-hydrogen) atoms. The maximum absolute atomic E-state index is 10.7. The number of ether oxygens (including phenoxy) is 4. The fraction of sp³-hybridized carbons (Fsp3) is 0.391. The number of hydrogen-bond acceptors (Lipinski definition) is 5. The third-order valence-corrected chi connectivity index (χ3v) is 4.76. The Morgan fingerprint density at radius 2 is 1.71 bits per heavy atom. The summed E-state index contributed by atoms with van der Waals surface area (Å²) in [5.74, 6) is 5.09. The molecule has 4 rings (SSSR count). The molecule has 2 aliphatic heterocycles. The molecule has 0 bridgehead atoms. The number of hydrogen-bond donors (Lipinski definition) is 1. The molecule has 2 heterocycles. The van der Waals surface area contributed by atoms with Gasteiger partial charge >= 0.3 is 0 Å². The molecule has 2 aromatic carbocycles. The summed E-state index contributed by atoms with van der Waals surface area (Å²) >= 11 is 0. The van der Waals surface area contributed by atoms with Gasteiger partial charge < -0.3 is 24.1 Å². The van der Waals surface area contributed by atoms with E-state index in [1.165, 1.54) is 0 Å². The number of rotatable bonds is 4. The third kappa shape index (κ3) is 4.27. The predicted octanol–water partition coefficient (Wildman–Crippen LogP) is 2.86.